The minimum Gasteiger partial charge on any atom is -0.364 e. The molecule has 1 aromatic carbocycles. The van der Waals surface area contributed by atoms with E-state index in [2.05, 4.69) is 12.6 Å². The predicted molar refractivity (Wildman–Crippen MR) is 58.7 cm³/mol. The summed E-state index contributed by atoms with van der Waals surface area (Å²) in [5.74, 6) is 0.626. The van der Waals surface area contributed by atoms with Gasteiger partial charge in [0, 0.05) is 12.1 Å². The first-order valence-electron chi connectivity index (χ1n) is 3.42. The van der Waals surface area contributed by atoms with Gasteiger partial charge in [0.05, 0.1) is 16.6 Å². The van der Waals surface area contributed by atoms with Crippen molar-refractivity contribution in [2.75, 3.05) is 17.8 Å². The van der Waals surface area contributed by atoms with E-state index in [1.807, 2.05) is 24.1 Å². The number of benzene rings is 1. The Hall–Kier alpha value is -0.0500. The van der Waals surface area contributed by atoms with Gasteiger partial charge in [0.1, 0.15) is 0 Å². The van der Waals surface area contributed by atoms with E-state index in [0.717, 1.165) is 5.69 Å². The Morgan fingerprint density at radius 1 is 1.42 bits per heavy atom. The van der Waals surface area contributed by atoms with Crippen LogP contribution in [0.1, 0.15) is 0 Å². The maximum Gasteiger partial charge on any atom is 0.0654 e. The number of halogens is 2. The van der Waals surface area contributed by atoms with E-state index in [1.54, 1.807) is 6.07 Å². The summed E-state index contributed by atoms with van der Waals surface area (Å²) in [4.78, 5) is 1.93. The second-order valence-electron chi connectivity index (χ2n) is 2.44. The van der Waals surface area contributed by atoms with Gasteiger partial charge in [-0.3, -0.25) is 0 Å². The molecule has 1 aromatic rings. The van der Waals surface area contributed by atoms with Crippen LogP contribution in [0.25, 0.3) is 0 Å². The van der Waals surface area contributed by atoms with Crippen LogP contribution in [0.5, 0.6) is 0 Å². The van der Waals surface area contributed by atoms with E-state index >= 15 is 0 Å². The molecule has 0 amide bonds. The van der Waals surface area contributed by atoms with Gasteiger partial charge in [-0.15, -0.1) is 0 Å². The molecular formula is C8H9Cl2NS. The van der Waals surface area contributed by atoms with E-state index in [0.29, 0.717) is 15.9 Å². The Kier molecular flexibility index (Phi) is 3.56. The fraction of sp³-hybridized carbons (Fsp3) is 0.250. The molecule has 0 radical (unpaired) electrons. The number of nitrogens with zero attached hydrogens (tertiary/aromatic N) is 1. The van der Waals surface area contributed by atoms with Crippen LogP contribution in [-0.4, -0.2) is 12.9 Å². The van der Waals surface area contributed by atoms with E-state index in [-0.39, 0.29) is 0 Å². The van der Waals surface area contributed by atoms with E-state index in [4.69, 9.17) is 23.2 Å². The number of rotatable bonds is 2. The van der Waals surface area contributed by atoms with Crippen LogP contribution in [0, 0.1) is 0 Å². The Bertz CT molecular complexity index is 278. The summed E-state index contributed by atoms with van der Waals surface area (Å²) in [5, 5.41) is 1.30. The number of anilines is 1. The molecule has 0 saturated heterocycles. The minimum atomic E-state index is 0.626. The standard InChI is InChI=1S/C8H9Cl2NS/c1-11(5-12)8-3-2-6(9)4-7(8)10/h2-4,12H,5H2,1H3. The van der Waals surface area contributed by atoms with Gasteiger partial charge in [-0.1, -0.05) is 23.2 Å². The van der Waals surface area contributed by atoms with Crippen molar-refractivity contribution in [2.24, 2.45) is 0 Å². The smallest absolute Gasteiger partial charge is 0.0654 e. The third-order valence-corrected chi connectivity index (χ3v) is 2.50. The summed E-state index contributed by atoms with van der Waals surface area (Å²) in [6, 6.07) is 5.40. The first-order chi connectivity index (χ1) is 5.65. The zero-order chi connectivity index (χ0) is 9.14. The number of hydrogen-bond acceptors (Lipinski definition) is 2. The SMILES string of the molecule is CN(CS)c1ccc(Cl)cc1Cl. The second-order valence-corrected chi connectivity index (χ2v) is 3.56. The molecule has 12 heavy (non-hydrogen) atoms. The molecule has 4 heteroatoms. The summed E-state index contributed by atoms with van der Waals surface area (Å²) in [6.45, 7) is 0. The highest BCUT2D eigenvalue weighted by Crippen LogP contribution is 2.27. The third kappa shape index (κ3) is 2.22. The number of hydrogen-bond donors (Lipinski definition) is 1. The molecule has 1 rings (SSSR count). The maximum atomic E-state index is 5.94. The average molecular weight is 222 g/mol. The zero-order valence-corrected chi connectivity index (χ0v) is 9.00. The van der Waals surface area contributed by atoms with Gasteiger partial charge in [0.25, 0.3) is 0 Å². The molecule has 0 heterocycles. The molecule has 0 saturated carbocycles. The predicted octanol–water partition coefficient (Wildman–Crippen LogP) is 3.32. The molecule has 0 spiro atoms. The van der Waals surface area contributed by atoms with Gasteiger partial charge in [0.15, 0.2) is 0 Å². The molecule has 0 aliphatic heterocycles. The van der Waals surface area contributed by atoms with Crippen molar-refractivity contribution in [2.45, 2.75) is 0 Å². The summed E-state index contributed by atoms with van der Waals surface area (Å²) < 4.78 is 0. The lowest BCUT2D eigenvalue weighted by atomic mass is 10.3. The Morgan fingerprint density at radius 3 is 2.58 bits per heavy atom. The van der Waals surface area contributed by atoms with Crippen LogP contribution in [0.2, 0.25) is 10.0 Å². The Morgan fingerprint density at radius 2 is 2.08 bits per heavy atom. The van der Waals surface area contributed by atoms with E-state index < -0.39 is 0 Å². The maximum absolute atomic E-state index is 5.94. The van der Waals surface area contributed by atoms with E-state index in [9.17, 15) is 0 Å². The largest absolute Gasteiger partial charge is 0.364 e. The monoisotopic (exact) mass is 221 g/mol. The van der Waals surface area contributed by atoms with Crippen LogP contribution < -0.4 is 4.90 Å². The number of thiol groups is 1. The van der Waals surface area contributed by atoms with Gasteiger partial charge in [-0.2, -0.15) is 12.6 Å². The molecule has 0 atom stereocenters. The van der Waals surface area contributed by atoms with Crippen molar-refractivity contribution in [3.8, 4) is 0 Å². The third-order valence-electron chi connectivity index (χ3n) is 1.53. The van der Waals surface area contributed by atoms with Crippen LogP contribution >= 0.6 is 35.8 Å². The molecule has 0 unspecified atom stereocenters. The highest BCUT2D eigenvalue weighted by atomic mass is 35.5. The van der Waals surface area contributed by atoms with Gasteiger partial charge in [-0.05, 0) is 18.2 Å². The van der Waals surface area contributed by atoms with Crippen molar-refractivity contribution in [1.29, 1.82) is 0 Å². The minimum absolute atomic E-state index is 0.626. The van der Waals surface area contributed by atoms with Gasteiger partial charge in [-0.25, -0.2) is 0 Å². The summed E-state index contributed by atoms with van der Waals surface area (Å²) in [6.07, 6.45) is 0. The van der Waals surface area contributed by atoms with Crippen molar-refractivity contribution in [3.63, 3.8) is 0 Å². The molecule has 0 aliphatic carbocycles. The van der Waals surface area contributed by atoms with Crippen molar-refractivity contribution < 1.29 is 0 Å². The fourth-order valence-corrected chi connectivity index (χ4v) is 1.57. The lowest BCUT2D eigenvalue weighted by molar-refractivity contribution is 1.10. The second kappa shape index (κ2) is 4.26. The Balaban J connectivity index is 3.01. The Labute approximate surface area is 87.7 Å². The molecule has 66 valence electrons. The van der Waals surface area contributed by atoms with Gasteiger partial charge in [0.2, 0.25) is 0 Å². The topological polar surface area (TPSA) is 3.24 Å². The van der Waals surface area contributed by atoms with Crippen molar-refractivity contribution >= 4 is 41.5 Å². The van der Waals surface area contributed by atoms with Gasteiger partial charge < -0.3 is 4.90 Å². The first-order valence-corrected chi connectivity index (χ1v) is 4.81. The highest BCUT2D eigenvalue weighted by Gasteiger charge is 2.03. The fourth-order valence-electron chi connectivity index (χ4n) is 0.867. The average Bonchev–Trinajstić information content (AvgIpc) is 2.03. The lowest BCUT2D eigenvalue weighted by Crippen LogP contribution is -2.14. The lowest BCUT2D eigenvalue weighted by Gasteiger charge is -2.17. The van der Waals surface area contributed by atoms with Crippen LogP contribution in [-0.2, 0) is 0 Å². The first kappa shape index (κ1) is 10.0. The van der Waals surface area contributed by atoms with Crippen LogP contribution in [0.3, 0.4) is 0 Å². The summed E-state index contributed by atoms with van der Waals surface area (Å²) in [5.41, 5.74) is 0.941. The summed E-state index contributed by atoms with van der Waals surface area (Å²) in [7, 11) is 1.92. The van der Waals surface area contributed by atoms with Crippen molar-refractivity contribution in [3.05, 3.63) is 28.2 Å². The molecule has 0 fully saturated rings. The zero-order valence-electron chi connectivity index (χ0n) is 6.59. The molecule has 0 aliphatic rings. The molecule has 0 N–H and O–H groups in total. The summed E-state index contributed by atoms with van der Waals surface area (Å²) >= 11 is 15.8. The van der Waals surface area contributed by atoms with Crippen LogP contribution in [0.4, 0.5) is 5.69 Å². The molecule has 0 bridgehead atoms. The molecular weight excluding hydrogens is 213 g/mol. The normalized spacial score (nSPS) is 10.0. The molecule has 0 aromatic heterocycles. The molecule has 1 nitrogen and oxygen atoms in total. The van der Waals surface area contributed by atoms with E-state index in [1.165, 1.54) is 0 Å². The quantitative estimate of drug-likeness (QED) is 0.593. The van der Waals surface area contributed by atoms with Crippen molar-refractivity contribution in [1.82, 2.24) is 0 Å². The van der Waals surface area contributed by atoms with Gasteiger partial charge >= 0.3 is 0 Å². The van der Waals surface area contributed by atoms with Crippen LogP contribution in [0.15, 0.2) is 18.2 Å². The highest BCUT2D eigenvalue weighted by molar-refractivity contribution is 7.80.